The van der Waals surface area contributed by atoms with Crippen LogP contribution in [0.3, 0.4) is 0 Å². The molecule has 0 saturated heterocycles. The van der Waals surface area contributed by atoms with Gasteiger partial charge in [-0.1, -0.05) is 29.1 Å². The van der Waals surface area contributed by atoms with Crippen LogP contribution in [0, 0.1) is 76.5 Å². The molecule has 4 N–H and O–H groups in total. The zero-order chi connectivity index (χ0) is 42.8. The Balaban J connectivity index is 0. The molecule has 2 amide bonds. The van der Waals surface area contributed by atoms with Crippen molar-refractivity contribution < 1.29 is 58.6 Å². The van der Waals surface area contributed by atoms with Crippen molar-refractivity contribution in [2.24, 2.45) is 0 Å². The molecule has 0 heterocycles. The van der Waals surface area contributed by atoms with Crippen LogP contribution in [0.5, 0.6) is 0 Å². The lowest BCUT2D eigenvalue weighted by molar-refractivity contribution is -0.394. The average Bonchev–Trinajstić information content (AvgIpc) is 3.08. The third-order valence-corrected chi connectivity index (χ3v) is 6.02. The van der Waals surface area contributed by atoms with E-state index < -0.39 is 82.2 Å². The molecule has 0 spiro atoms. The van der Waals surface area contributed by atoms with Gasteiger partial charge in [0, 0.05) is 44.3 Å². The van der Waals surface area contributed by atoms with E-state index in [0.29, 0.717) is 0 Å². The molecule has 0 unspecified atom stereocenters. The molecule has 24 heteroatoms. The third kappa shape index (κ3) is 20.3. The Kier molecular flexibility index (Phi) is 23.9. The van der Waals surface area contributed by atoms with Crippen molar-refractivity contribution in [1.82, 2.24) is 10.6 Å². The summed E-state index contributed by atoms with van der Waals surface area (Å²) < 4.78 is 4.66. The fraction of sp³-hybridized carbons (Fsp3) is 0.258. The first-order valence-electron chi connectivity index (χ1n) is 14.4. The lowest BCUT2D eigenvalue weighted by Crippen LogP contribution is -2.26. The van der Waals surface area contributed by atoms with Gasteiger partial charge < -0.3 is 25.6 Å². The van der Waals surface area contributed by atoms with E-state index in [1.807, 2.05) is 0 Å². The van der Waals surface area contributed by atoms with Gasteiger partial charge in [-0.2, -0.15) is 0 Å². The highest BCUT2D eigenvalue weighted by Crippen LogP contribution is 2.36. The highest BCUT2D eigenvalue weighted by atomic mass is 35.5. The van der Waals surface area contributed by atoms with Crippen molar-refractivity contribution >= 4 is 75.7 Å². The molecule has 0 bridgehead atoms. The molecule has 2 aromatic carbocycles. The summed E-state index contributed by atoms with van der Waals surface area (Å²) in [7, 11) is 0. The van der Waals surface area contributed by atoms with Gasteiger partial charge in [-0.15, -0.1) is 6.42 Å². The van der Waals surface area contributed by atoms with E-state index in [-0.39, 0.29) is 43.7 Å². The van der Waals surface area contributed by atoms with Crippen LogP contribution in [-0.2, 0) is 19.1 Å². The first kappa shape index (κ1) is 49.8. The Labute approximate surface area is 319 Å². The summed E-state index contributed by atoms with van der Waals surface area (Å²) in [6.07, 6.45) is 4.32. The minimum absolute atomic E-state index is 0.0815. The molecular formula is C31H28Cl2N6O16. The predicted octanol–water partition coefficient (Wildman–Crippen LogP) is 3.94. The topological polar surface area (TPSA) is 332 Å². The molecule has 0 radical (unpaired) electrons. The quantitative estimate of drug-likeness (QED) is 0.0963. The number of carbonyl (C=O) groups is 5. The summed E-state index contributed by atoms with van der Waals surface area (Å²) in [5.41, 5.74) is -3.74. The van der Waals surface area contributed by atoms with E-state index in [9.17, 15) is 59.6 Å². The Morgan fingerprint density at radius 3 is 1.35 bits per heavy atom. The molecule has 0 aliphatic rings. The SMILES string of the molecule is C#CC#CC#CC.CC(=O)O.CCOC(=O)CCNC(=O)c1cc([N+](=O)[O-])c(Cl)c([N+](=O)[O-])c1.O=C(O)CCNC(=O)c1cc([N+](=O)[O-])c(Cl)c([N+](=O)[O-])c1. The van der Waals surface area contributed by atoms with Gasteiger partial charge in [0.1, 0.15) is 0 Å². The zero-order valence-electron chi connectivity index (χ0n) is 28.6. The van der Waals surface area contributed by atoms with Crippen LogP contribution in [0.2, 0.25) is 10.0 Å². The van der Waals surface area contributed by atoms with E-state index in [1.54, 1.807) is 13.8 Å². The highest BCUT2D eigenvalue weighted by molar-refractivity contribution is 6.35. The maximum Gasteiger partial charge on any atom is 0.307 e. The second-order valence-electron chi connectivity index (χ2n) is 9.18. The van der Waals surface area contributed by atoms with Crippen molar-refractivity contribution in [1.29, 1.82) is 0 Å². The Morgan fingerprint density at radius 1 is 0.727 bits per heavy atom. The average molecular weight is 811 g/mol. The number of halogens is 2. The number of esters is 1. The second kappa shape index (κ2) is 26.4. The van der Waals surface area contributed by atoms with Crippen LogP contribution in [-0.4, -0.2) is 79.3 Å². The number of aliphatic carboxylic acids is 2. The lowest BCUT2D eigenvalue weighted by atomic mass is 10.1. The highest BCUT2D eigenvalue weighted by Gasteiger charge is 2.28. The van der Waals surface area contributed by atoms with Crippen LogP contribution >= 0.6 is 23.2 Å². The van der Waals surface area contributed by atoms with E-state index >= 15 is 0 Å². The second-order valence-corrected chi connectivity index (χ2v) is 9.94. The van der Waals surface area contributed by atoms with Crippen LogP contribution in [0.1, 0.15) is 54.3 Å². The van der Waals surface area contributed by atoms with E-state index in [1.165, 1.54) is 0 Å². The van der Waals surface area contributed by atoms with E-state index in [0.717, 1.165) is 31.2 Å². The summed E-state index contributed by atoms with van der Waals surface area (Å²) in [6, 6.07) is 3.22. The van der Waals surface area contributed by atoms with Gasteiger partial charge in [0.25, 0.3) is 40.5 Å². The Morgan fingerprint density at radius 2 is 1.07 bits per heavy atom. The van der Waals surface area contributed by atoms with Crippen LogP contribution in [0.4, 0.5) is 22.7 Å². The number of benzene rings is 2. The first-order chi connectivity index (χ1) is 25.7. The number of carboxylic acids is 2. The fourth-order valence-corrected chi connectivity index (χ4v) is 3.60. The number of carbonyl (C=O) groups excluding carboxylic acids is 3. The molecule has 2 rings (SSSR count). The van der Waals surface area contributed by atoms with Gasteiger partial charge in [-0.05, 0) is 37.5 Å². The summed E-state index contributed by atoms with van der Waals surface area (Å²) in [4.78, 5) is 93.5. The number of nitrogens with zero attached hydrogens (tertiary/aromatic N) is 4. The monoisotopic (exact) mass is 810 g/mol. The van der Waals surface area contributed by atoms with Crippen molar-refractivity contribution in [2.75, 3.05) is 19.7 Å². The minimum atomic E-state index is -1.15. The van der Waals surface area contributed by atoms with Crippen molar-refractivity contribution in [3.63, 3.8) is 0 Å². The van der Waals surface area contributed by atoms with Crippen LogP contribution < -0.4 is 10.6 Å². The Hall–Kier alpha value is -7.35. The van der Waals surface area contributed by atoms with Gasteiger partial charge in [-0.25, -0.2) is 0 Å². The number of nitrogens with one attached hydrogen (secondary N) is 2. The lowest BCUT2D eigenvalue weighted by Gasteiger charge is -2.06. The van der Waals surface area contributed by atoms with Gasteiger partial charge in [0.05, 0.1) is 50.3 Å². The number of hydrogen-bond donors (Lipinski definition) is 4. The third-order valence-electron chi connectivity index (χ3n) is 5.25. The largest absolute Gasteiger partial charge is 0.481 e. The number of nitro groups is 4. The van der Waals surface area contributed by atoms with Gasteiger partial charge in [0.15, 0.2) is 10.0 Å². The predicted molar refractivity (Wildman–Crippen MR) is 191 cm³/mol. The van der Waals surface area contributed by atoms with Crippen molar-refractivity contribution in [3.8, 4) is 36.0 Å². The number of nitro benzene ring substituents is 4. The minimum Gasteiger partial charge on any atom is -0.481 e. The number of hydrogen-bond acceptors (Lipinski definition) is 14. The molecule has 0 saturated carbocycles. The molecule has 22 nitrogen and oxygen atoms in total. The summed E-state index contributed by atoms with van der Waals surface area (Å²) >= 11 is 11.1. The standard InChI is InChI=1S/C12H12ClN3O7.C10H8ClN3O7.C7H4.C2H4O2/c1-2-23-10(17)3-4-14-12(18)7-5-8(15(19)20)11(13)9(6-7)16(21)22;11-9-6(13(18)19)3-5(4-7(9)14(20)21)10(17)12-2-1-8(15)16;1-3-5-7-6-4-2;1-2(3)4/h5-6H,2-4H2,1H3,(H,14,18);3-4H,1-2H2,(H,12,17)(H,15,16);1H,2H3;1H3,(H,3,4). The molecule has 292 valence electrons. The van der Waals surface area contributed by atoms with Crippen molar-refractivity contribution in [2.45, 2.75) is 33.6 Å². The number of carboxylic acid groups (broad SMARTS) is 2. The van der Waals surface area contributed by atoms with Crippen LogP contribution in [0.15, 0.2) is 24.3 Å². The number of amides is 2. The maximum absolute atomic E-state index is 11.9. The molecule has 2 aromatic rings. The number of ether oxygens (including phenoxy) is 1. The molecule has 0 aliphatic carbocycles. The van der Waals surface area contributed by atoms with Crippen molar-refractivity contribution in [3.05, 3.63) is 85.9 Å². The first-order valence-corrected chi connectivity index (χ1v) is 15.2. The van der Waals surface area contributed by atoms with Gasteiger partial charge in [0.2, 0.25) is 0 Å². The van der Waals surface area contributed by atoms with Crippen LogP contribution in [0.25, 0.3) is 0 Å². The van der Waals surface area contributed by atoms with Gasteiger partial charge in [-0.3, -0.25) is 64.4 Å². The molecule has 0 atom stereocenters. The summed E-state index contributed by atoms with van der Waals surface area (Å²) in [6.45, 7) is 4.32. The number of rotatable bonds is 13. The normalized spacial score (nSPS) is 8.87. The van der Waals surface area contributed by atoms with E-state index in [2.05, 4.69) is 45.0 Å². The Bertz CT molecular complexity index is 1920. The summed E-state index contributed by atoms with van der Waals surface area (Å²) in [5, 5.41) is 62.2. The molecule has 0 aliphatic heterocycles. The van der Waals surface area contributed by atoms with E-state index in [4.69, 9.17) is 44.6 Å². The summed E-state index contributed by atoms with van der Waals surface area (Å²) in [5.74, 6) is 7.81. The molecule has 0 aromatic heterocycles. The number of terminal acetylenes is 1. The van der Waals surface area contributed by atoms with Gasteiger partial charge >= 0.3 is 11.9 Å². The molecule has 55 heavy (non-hydrogen) atoms. The smallest absolute Gasteiger partial charge is 0.307 e. The fourth-order valence-electron chi connectivity index (χ4n) is 3.11. The zero-order valence-corrected chi connectivity index (χ0v) is 30.1. The molecular weight excluding hydrogens is 783 g/mol. The maximum atomic E-state index is 11.9. The molecule has 0 fully saturated rings.